The number of nitrogens with one attached hydrogen (secondary N) is 1. The largest absolute Gasteiger partial charge is 0.451 e. The Morgan fingerprint density at radius 3 is 2.77 bits per heavy atom. The Balaban J connectivity index is 1.52. The van der Waals surface area contributed by atoms with Gasteiger partial charge in [-0.2, -0.15) is 5.10 Å². The minimum absolute atomic E-state index is 0.117. The molecule has 0 aliphatic carbocycles. The average molecular weight is 482 g/mol. The molecule has 0 unspecified atom stereocenters. The molecule has 0 saturated carbocycles. The fraction of sp³-hybridized carbons (Fsp3) is 0.360. The lowest BCUT2D eigenvalue weighted by molar-refractivity contribution is 0.0929. The standard InChI is InChI=1S/C25H28BrN3O2/c1-15(2)29-21-8-6-17(10-20(21)16(3)13-25(29,4)5)14-27-28-24(30)23-12-18-11-19(26)7-9-22(18)31-23/h6-12,14-16H,13H2,1-5H3,(H,28,30)/b27-14+/t16-/m1/s1. The van der Waals surface area contributed by atoms with Crippen LogP contribution in [0.5, 0.6) is 0 Å². The van der Waals surface area contributed by atoms with Gasteiger partial charge >= 0.3 is 5.91 Å². The zero-order chi connectivity index (χ0) is 22.3. The zero-order valence-electron chi connectivity index (χ0n) is 18.6. The van der Waals surface area contributed by atoms with Crippen molar-refractivity contribution >= 4 is 44.7 Å². The highest BCUT2D eigenvalue weighted by Crippen LogP contribution is 2.44. The van der Waals surface area contributed by atoms with Crippen LogP contribution in [0.25, 0.3) is 11.0 Å². The van der Waals surface area contributed by atoms with Gasteiger partial charge in [0, 0.05) is 27.1 Å². The molecule has 2 aromatic carbocycles. The fourth-order valence-electron chi connectivity index (χ4n) is 4.87. The van der Waals surface area contributed by atoms with Gasteiger partial charge in [-0.3, -0.25) is 4.79 Å². The van der Waals surface area contributed by atoms with Crippen LogP contribution in [-0.2, 0) is 0 Å². The summed E-state index contributed by atoms with van der Waals surface area (Å²) in [6, 6.07) is 14.2. The normalized spacial score (nSPS) is 18.0. The second kappa shape index (κ2) is 8.15. The maximum absolute atomic E-state index is 12.4. The molecule has 1 aliphatic heterocycles. The number of benzene rings is 2. The van der Waals surface area contributed by atoms with Crippen LogP contribution in [0, 0.1) is 0 Å². The Hall–Kier alpha value is -2.60. The molecule has 0 saturated heterocycles. The lowest BCUT2D eigenvalue weighted by atomic mass is 9.79. The number of rotatable bonds is 4. The monoisotopic (exact) mass is 481 g/mol. The number of fused-ring (bicyclic) bond motifs is 2. The summed E-state index contributed by atoms with van der Waals surface area (Å²) in [5, 5.41) is 5.02. The Morgan fingerprint density at radius 2 is 2.03 bits per heavy atom. The zero-order valence-corrected chi connectivity index (χ0v) is 20.2. The van der Waals surface area contributed by atoms with Gasteiger partial charge in [-0.1, -0.05) is 28.9 Å². The van der Waals surface area contributed by atoms with Crippen LogP contribution in [0.2, 0.25) is 0 Å². The van der Waals surface area contributed by atoms with Gasteiger partial charge in [-0.05, 0) is 87.6 Å². The van der Waals surface area contributed by atoms with E-state index in [0.717, 1.165) is 21.8 Å². The first-order valence-electron chi connectivity index (χ1n) is 10.6. The predicted molar refractivity (Wildman–Crippen MR) is 130 cm³/mol. The predicted octanol–water partition coefficient (Wildman–Crippen LogP) is 6.46. The van der Waals surface area contributed by atoms with Gasteiger partial charge in [-0.15, -0.1) is 0 Å². The van der Waals surface area contributed by atoms with Crippen molar-refractivity contribution in [2.24, 2.45) is 5.10 Å². The van der Waals surface area contributed by atoms with Crippen LogP contribution >= 0.6 is 15.9 Å². The quantitative estimate of drug-likeness (QED) is 0.343. The van der Waals surface area contributed by atoms with E-state index in [-0.39, 0.29) is 17.2 Å². The first kappa shape index (κ1) is 21.6. The van der Waals surface area contributed by atoms with Crippen molar-refractivity contribution < 1.29 is 9.21 Å². The Labute approximate surface area is 191 Å². The van der Waals surface area contributed by atoms with Gasteiger partial charge in [0.15, 0.2) is 5.76 Å². The fourth-order valence-corrected chi connectivity index (χ4v) is 5.25. The van der Waals surface area contributed by atoms with E-state index in [1.165, 1.54) is 11.3 Å². The van der Waals surface area contributed by atoms with Crippen LogP contribution < -0.4 is 10.3 Å². The molecule has 0 radical (unpaired) electrons. The molecule has 162 valence electrons. The van der Waals surface area contributed by atoms with Gasteiger partial charge in [0.25, 0.3) is 0 Å². The van der Waals surface area contributed by atoms with E-state index in [1.54, 1.807) is 12.3 Å². The molecule has 0 spiro atoms. The second-order valence-corrected chi connectivity index (χ2v) is 10.1. The number of halogens is 1. The SMILES string of the molecule is CC(C)N1c2ccc(/C=N/NC(=O)c3cc4cc(Br)ccc4o3)cc2[C@H](C)CC1(C)C. The van der Waals surface area contributed by atoms with Crippen LogP contribution in [0.1, 0.15) is 68.6 Å². The number of hydrogen-bond acceptors (Lipinski definition) is 4. The van der Waals surface area contributed by atoms with Crippen LogP contribution in [0.4, 0.5) is 5.69 Å². The molecule has 1 N–H and O–H groups in total. The molecule has 31 heavy (non-hydrogen) atoms. The number of furan rings is 1. The molecule has 1 amide bonds. The number of nitrogens with zero attached hydrogens (tertiary/aromatic N) is 2. The summed E-state index contributed by atoms with van der Waals surface area (Å²) >= 11 is 3.43. The van der Waals surface area contributed by atoms with E-state index in [4.69, 9.17) is 4.42 Å². The summed E-state index contributed by atoms with van der Waals surface area (Å²) in [5.74, 6) is 0.319. The first-order valence-corrected chi connectivity index (χ1v) is 11.4. The second-order valence-electron chi connectivity index (χ2n) is 9.19. The van der Waals surface area contributed by atoms with Gasteiger partial charge in [0.05, 0.1) is 6.21 Å². The van der Waals surface area contributed by atoms with Crippen LogP contribution in [-0.4, -0.2) is 23.7 Å². The smallest absolute Gasteiger partial charge is 0.307 e. The van der Waals surface area contributed by atoms with Crippen molar-refractivity contribution in [3.63, 3.8) is 0 Å². The van der Waals surface area contributed by atoms with E-state index in [9.17, 15) is 4.79 Å². The molecule has 5 nitrogen and oxygen atoms in total. The third-order valence-corrected chi connectivity index (χ3v) is 6.39. The van der Waals surface area contributed by atoms with Crippen molar-refractivity contribution in [1.82, 2.24) is 5.43 Å². The van der Waals surface area contributed by atoms with E-state index >= 15 is 0 Å². The third kappa shape index (κ3) is 4.26. The summed E-state index contributed by atoms with van der Waals surface area (Å²) in [6.45, 7) is 11.4. The van der Waals surface area contributed by atoms with Crippen molar-refractivity contribution in [1.29, 1.82) is 0 Å². The Kier molecular flexibility index (Phi) is 5.69. The minimum atomic E-state index is -0.373. The highest BCUT2D eigenvalue weighted by atomic mass is 79.9. The van der Waals surface area contributed by atoms with Crippen molar-refractivity contribution in [2.45, 2.75) is 58.5 Å². The maximum atomic E-state index is 12.4. The highest BCUT2D eigenvalue weighted by molar-refractivity contribution is 9.10. The number of carbonyl (C=O) groups is 1. The first-order chi connectivity index (χ1) is 14.7. The Bertz CT molecular complexity index is 1160. The van der Waals surface area contributed by atoms with Crippen molar-refractivity contribution in [2.75, 3.05) is 4.90 Å². The van der Waals surface area contributed by atoms with E-state index < -0.39 is 0 Å². The highest BCUT2D eigenvalue weighted by Gasteiger charge is 2.37. The number of hydrazone groups is 1. The summed E-state index contributed by atoms with van der Waals surface area (Å²) in [5.41, 5.74) is 6.92. The van der Waals surface area contributed by atoms with Crippen LogP contribution in [0.15, 0.2) is 56.5 Å². The molecule has 6 heteroatoms. The summed E-state index contributed by atoms with van der Waals surface area (Å²) in [4.78, 5) is 14.9. The molecule has 1 aromatic heterocycles. The topological polar surface area (TPSA) is 57.8 Å². The molecule has 0 fully saturated rings. The lowest BCUT2D eigenvalue weighted by Crippen LogP contribution is -2.51. The Morgan fingerprint density at radius 1 is 1.26 bits per heavy atom. The molecule has 1 atom stereocenters. The molecule has 2 heterocycles. The summed E-state index contributed by atoms with van der Waals surface area (Å²) < 4.78 is 6.55. The van der Waals surface area contributed by atoms with Crippen molar-refractivity contribution in [3.8, 4) is 0 Å². The third-order valence-electron chi connectivity index (χ3n) is 5.90. The van der Waals surface area contributed by atoms with E-state index in [0.29, 0.717) is 17.5 Å². The number of carbonyl (C=O) groups excluding carboxylic acids is 1. The number of amides is 1. The van der Waals surface area contributed by atoms with E-state index in [1.807, 2.05) is 18.2 Å². The summed E-state index contributed by atoms with van der Waals surface area (Å²) in [7, 11) is 0. The lowest BCUT2D eigenvalue weighted by Gasteiger charge is -2.50. The van der Waals surface area contributed by atoms with Gasteiger partial charge in [0.1, 0.15) is 5.58 Å². The minimum Gasteiger partial charge on any atom is -0.451 e. The van der Waals surface area contributed by atoms with Crippen LogP contribution in [0.3, 0.4) is 0 Å². The summed E-state index contributed by atoms with van der Waals surface area (Å²) in [6.07, 6.45) is 2.78. The average Bonchev–Trinajstić information content (AvgIpc) is 3.10. The number of anilines is 1. The molecule has 0 bridgehead atoms. The molecule has 4 rings (SSSR count). The van der Waals surface area contributed by atoms with Gasteiger partial charge in [-0.25, -0.2) is 5.43 Å². The molecule has 3 aromatic rings. The van der Waals surface area contributed by atoms with Crippen molar-refractivity contribution in [3.05, 3.63) is 63.8 Å². The van der Waals surface area contributed by atoms with Gasteiger partial charge < -0.3 is 9.32 Å². The maximum Gasteiger partial charge on any atom is 0.307 e. The number of hydrogen-bond donors (Lipinski definition) is 1. The van der Waals surface area contributed by atoms with Gasteiger partial charge in [0.2, 0.25) is 0 Å². The molecular weight excluding hydrogens is 454 g/mol. The molecular formula is C25H28BrN3O2. The van der Waals surface area contributed by atoms with E-state index in [2.05, 4.69) is 84.2 Å². The molecule has 1 aliphatic rings.